The normalized spacial score (nSPS) is 29.7. The molecule has 2 aliphatic heterocycles. The molecule has 2 atom stereocenters. The van der Waals surface area contributed by atoms with Crippen molar-refractivity contribution in [2.24, 2.45) is 0 Å². The van der Waals surface area contributed by atoms with Crippen molar-refractivity contribution >= 4 is 9.84 Å². The third-order valence-electron chi connectivity index (χ3n) is 6.94. The highest BCUT2D eigenvalue weighted by Crippen LogP contribution is 2.43. The highest BCUT2D eigenvalue weighted by atomic mass is 32.2. The fourth-order valence-corrected chi connectivity index (χ4v) is 7.84. The minimum absolute atomic E-state index is 0.267. The van der Waals surface area contributed by atoms with Crippen molar-refractivity contribution in [1.29, 1.82) is 0 Å². The second-order valence-electron chi connectivity index (χ2n) is 9.39. The summed E-state index contributed by atoms with van der Waals surface area (Å²) < 4.78 is 24.7. The molecular formula is C23H44O3S. The van der Waals surface area contributed by atoms with Crippen LogP contribution in [-0.2, 0) is 9.84 Å². The smallest absolute Gasteiger partial charge is 0.156 e. The summed E-state index contributed by atoms with van der Waals surface area (Å²) in [5.41, 5.74) is -0.709. The maximum atomic E-state index is 12.4. The van der Waals surface area contributed by atoms with Gasteiger partial charge in [0.25, 0.3) is 0 Å². The Morgan fingerprint density at radius 1 is 0.741 bits per heavy atom. The van der Waals surface area contributed by atoms with Crippen LogP contribution in [0.4, 0.5) is 0 Å². The van der Waals surface area contributed by atoms with Gasteiger partial charge in [-0.1, -0.05) is 96.8 Å². The Hall–Kier alpha value is -0.0900. The van der Waals surface area contributed by atoms with Crippen LogP contribution in [0, 0.1) is 0 Å². The van der Waals surface area contributed by atoms with Gasteiger partial charge in [0.2, 0.25) is 0 Å². The van der Waals surface area contributed by atoms with Gasteiger partial charge in [-0.3, -0.25) is 0 Å². The summed E-state index contributed by atoms with van der Waals surface area (Å²) in [6, 6.07) is 0. The van der Waals surface area contributed by atoms with Crippen molar-refractivity contribution in [3.05, 3.63) is 0 Å². The molecule has 2 fully saturated rings. The Morgan fingerprint density at radius 3 is 1.59 bits per heavy atom. The van der Waals surface area contributed by atoms with E-state index in [0.717, 1.165) is 32.1 Å². The fourth-order valence-electron chi connectivity index (χ4n) is 5.22. The molecule has 1 N–H and O–H groups in total. The fraction of sp³-hybridized carbons (Fsp3) is 1.00. The van der Waals surface area contributed by atoms with Gasteiger partial charge in [-0.05, 0) is 32.1 Å². The number of unbranched alkanes of at least 4 members (excludes halogenated alkanes) is 12. The second kappa shape index (κ2) is 11.8. The topological polar surface area (TPSA) is 54.4 Å². The number of hydrogen-bond acceptors (Lipinski definition) is 3. The van der Waals surface area contributed by atoms with Crippen LogP contribution in [0.15, 0.2) is 0 Å². The molecule has 2 rings (SSSR count). The molecule has 2 heterocycles. The summed E-state index contributed by atoms with van der Waals surface area (Å²) in [4.78, 5) is 0. The van der Waals surface area contributed by atoms with Gasteiger partial charge >= 0.3 is 0 Å². The molecule has 3 nitrogen and oxygen atoms in total. The Balaban J connectivity index is 1.47. The van der Waals surface area contributed by atoms with Gasteiger partial charge < -0.3 is 5.11 Å². The zero-order chi connectivity index (χ0) is 19.6. The molecule has 0 radical (unpaired) electrons. The molecule has 2 bridgehead atoms. The molecule has 4 heteroatoms. The molecule has 0 spiro atoms. The lowest BCUT2D eigenvalue weighted by atomic mass is 9.82. The van der Waals surface area contributed by atoms with E-state index < -0.39 is 15.4 Å². The molecule has 0 aliphatic carbocycles. The van der Waals surface area contributed by atoms with E-state index in [1.807, 2.05) is 0 Å². The monoisotopic (exact) mass is 400 g/mol. The molecule has 0 amide bonds. The first-order valence-electron chi connectivity index (χ1n) is 11.9. The van der Waals surface area contributed by atoms with Crippen LogP contribution in [0.3, 0.4) is 0 Å². The van der Waals surface area contributed by atoms with E-state index in [1.165, 1.54) is 77.0 Å². The van der Waals surface area contributed by atoms with Crippen molar-refractivity contribution in [2.75, 3.05) is 0 Å². The first kappa shape index (κ1) is 23.2. The zero-order valence-corrected chi connectivity index (χ0v) is 18.6. The zero-order valence-electron chi connectivity index (χ0n) is 17.8. The predicted octanol–water partition coefficient (Wildman–Crippen LogP) is 6.33. The van der Waals surface area contributed by atoms with Crippen molar-refractivity contribution < 1.29 is 13.5 Å². The molecule has 160 valence electrons. The Morgan fingerprint density at radius 2 is 1.15 bits per heavy atom. The summed E-state index contributed by atoms with van der Waals surface area (Å²) in [6.45, 7) is 2.27. The molecule has 2 saturated heterocycles. The van der Waals surface area contributed by atoms with E-state index in [0.29, 0.717) is 12.8 Å². The average molecular weight is 401 g/mol. The lowest BCUT2D eigenvalue weighted by Gasteiger charge is -2.44. The maximum Gasteiger partial charge on any atom is 0.156 e. The largest absolute Gasteiger partial charge is 0.390 e. The highest BCUT2D eigenvalue weighted by Gasteiger charge is 2.49. The molecule has 0 saturated carbocycles. The molecular weight excluding hydrogens is 356 g/mol. The maximum absolute atomic E-state index is 12.4. The van der Waals surface area contributed by atoms with E-state index in [9.17, 15) is 13.5 Å². The second-order valence-corrected chi connectivity index (χ2v) is 11.9. The van der Waals surface area contributed by atoms with Gasteiger partial charge in [-0.15, -0.1) is 0 Å². The van der Waals surface area contributed by atoms with E-state index in [2.05, 4.69) is 6.92 Å². The summed E-state index contributed by atoms with van der Waals surface area (Å²) in [5.74, 6) is 0. The highest BCUT2D eigenvalue weighted by molar-refractivity contribution is 7.92. The van der Waals surface area contributed by atoms with Crippen molar-refractivity contribution in [3.8, 4) is 0 Å². The van der Waals surface area contributed by atoms with Crippen LogP contribution in [0.1, 0.15) is 129 Å². The molecule has 27 heavy (non-hydrogen) atoms. The Kier molecular flexibility index (Phi) is 10.1. The van der Waals surface area contributed by atoms with Crippen LogP contribution in [-0.4, -0.2) is 29.6 Å². The van der Waals surface area contributed by atoms with Crippen molar-refractivity contribution in [3.63, 3.8) is 0 Å². The molecule has 0 aromatic carbocycles. The SMILES string of the molecule is CCCCCCCCCCCCCCCC1(O)CC2CCCC(C1)S2(=O)=O. The van der Waals surface area contributed by atoms with E-state index >= 15 is 0 Å². The van der Waals surface area contributed by atoms with Crippen molar-refractivity contribution in [2.45, 2.75) is 145 Å². The quantitative estimate of drug-likeness (QED) is 0.347. The van der Waals surface area contributed by atoms with Crippen LogP contribution in [0.2, 0.25) is 0 Å². The molecule has 0 aromatic rings. The third kappa shape index (κ3) is 7.68. The van der Waals surface area contributed by atoms with Crippen molar-refractivity contribution in [1.82, 2.24) is 0 Å². The van der Waals surface area contributed by atoms with Crippen LogP contribution in [0.5, 0.6) is 0 Å². The number of aliphatic hydroxyl groups is 1. The van der Waals surface area contributed by atoms with Crippen LogP contribution < -0.4 is 0 Å². The lowest BCUT2D eigenvalue weighted by molar-refractivity contribution is -0.000551. The first-order chi connectivity index (χ1) is 13.0. The minimum Gasteiger partial charge on any atom is -0.390 e. The van der Waals surface area contributed by atoms with Gasteiger partial charge in [-0.2, -0.15) is 0 Å². The van der Waals surface area contributed by atoms with Gasteiger partial charge in [0.05, 0.1) is 16.1 Å². The lowest BCUT2D eigenvalue weighted by Crippen LogP contribution is -2.51. The summed E-state index contributed by atoms with van der Waals surface area (Å²) in [5, 5.41) is 10.4. The summed E-state index contributed by atoms with van der Waals surface area (Å²) in [6.07, 6.45) is 21.6. The van der Waals surface area contributed by atoms with E-state index in [1.54, 1.807) is 0 Å². The summed E-state index contributed by atoms with van der Waals surface area (Å²) in [7, 11) is -2.95. The number of fused-ring (bicyclic) bond motifs is 2. The number of sulfone groups is 1. The Bertz CT molecular complexity index is 480. The summed E-state index contributed by atoms with van der Waals surface area (Å²) >= 11 is 0. The van der Waals surface area contributed by atoms with Gasteiger partial charge in [-0.25, -0.2) is 8.42 Å². The van der Waals surface area contributed by atoms with Crippen LogP contribution >= 0.6 is 0 Å². The number of hydrogen-bond donors (Lipinski definition) is 1. The molecule has 2 aliphatic rings. The molecule has 2 unspecified atom stereocenters. The van der Waals surface area contributed by atoms with Gasteiger partial charge in [0.15, 0.2) is 9.84 Å². The van der Waals surface area contributed by atoms with E-state index in [-0.39, 0.29) is 10.5 Å². The first-order valence-corrected chi connectivity index (χ1v) is 13.5. The average Bonchev–Trinajstić information content (AvgIpc) is 2.61. The number of rotatable bonds is 14. The van der Waals surface area contributed by atoms with Gasteiger partial charge in [0, 0.05) is 0 Å². The minimum atomic E-state index is -2.95. The standard InChI is InChI=1S/C23H44O3S/c1-2-3-4-5-6-7-8-9-10-11-12-13-14-18-23(24)19-21-16-15-17-22(20-23)27(21,25)26/h21-22,24H,2-20H2,1H3. The molecule has 0 aromatic heterocycles. The van der Waals surface area contributed by atoms with Crippen LogP contribution in [0.25, 0.3) is 0 Å². The van der Waals surface area contributed by atoms with Gasteiger partial charge in [0.1, 0.15) is 0 Å². The predicted molar refractivity (Wildman–Crippen MR) is 115 cm³/mol. The van der Waals surface area contributed by atoms with E-state index in [4.69, 9.17) is 0 Å². The Labute approximate surface area is 168 Å². The third-order valence-corrected chi connectivity index (χ3v) is 9.61.